The lowest BCUT2D eigenvalue weighted by Gasteiger charge is -2.50. The number of carbonyl (C=O) groups is 2. The maximum Gasteiger partial charge on any atom is 0.302 e. The molecule has 0 amide bonds. The SMILES string of the molecule is CC(=O)OC[C@H]1O[C@@H](O[C@H]2[C@H](O)[C@@H](COC(C)=O)O[C@@H](O[Si](C)(C)C(C)(C)C(C)C)[C@@H]2N=[N+]=[N-])[C@H](O)[C@@H](O)[C@H]1O. The minimum atomic E-state index is -2.65. The Morgan fingerprint density at radius 1 is 0.925 bits per heavy atom. The van der Waals surface area contributed by atoms with Gasteiger partial charge in [-0.15, -0.1) is 0 Å². The molecule has 0 aliphatic carbocycles. The maximum atomic E-state index is 11.5. The summed E-state index contributed by atoms with van der Waals surface area (Å²) in [5, 5.41) is 46.0. The van der Waals surface area contributed by atoms with E-state index in [1.165, 1.54) is 6.92 Å². The van der Waals surface area contributed by atoms with E-state index in [0.29, 0.717) is 0 Å². The molecule has 2 saturated heterocycles. The molecule has 16 heteroatoms. The van der Waals surface area contributed by atoms with E-state index in [0.717, 1.165) is 6.92 Å². The van der Waals surface area contributed by atoms with Crippen LogP contribution in [0, 0.1) is 5.92 Å². The highest BCUT2D eigenvalue weighted by atomic mass is 28.4. The summed E-state index contributed by atoms with van der Waals surface area (Å²) < 4.78 is 33.9. The first kappa shape index (κ1) is 34.3. The summed E-state index contributed by atoms with van der Waals surface area (Å²) in [4.78, 5) is 25.6. The van der Waals surface area contributed by atoms with Gasteiger partial charge in [0.1, 0.15) is 62.0 Å². The van der Waals surface area contributed by atoms with E-state index >= 15 is 0 Å². The van der Waals surface area contributed by atoms with Crippen molar-refractivity contribution in [2.24, 2.45) is 11.0 Å². The number of hydrogen-bond acceptors (Lipinski definition) is 13. The molecule has 2 fully saturated rings. The second-order valence-electron chi connectivity index (χ2n) is 11.5. The first-order chi connectivity index (χ1) is 18.4. The van der Waals surface area contributed by atoms with E-state index in [1.54, 1.807) is 0 Å². The van der Waals surface area contributed by atoms with Gasteiger partial charge in [-0.3, -0.25) is 9.59 Å². The Balaban J connectivity index is 2.44. The highest BCUT2D eigenvalue weighted by Crippen LogP contribution is 2.46. The Labute approximate surface area is 234 Å². The van der Waals surface area contributed by atoms with Crippen LogP contribution in [0.15, 0.2) is 5.11 Å². The Hall–Kier alpha value is -1.85. The van der Waals surface area contributed by atoms with Crippen LogP contribution in [-0.2, 0) is 37.7 Å². The molecule has 0 spiro atoms. The maximum absolute atomic E-state index is 11.5. The average Bonchev–Trinajstić information content (AvgIpc) is 2.85. The van der Waals surface area contributed by atoms with Crippen LogP contribution in [0.5, 0.6) is 0 Å². The van der Waals surface area contributed by atoms with E-state index in [4.69, 9.17) is 28.1 Å². The van der Waals surface area contributed by atoms with E-state index in [-0.39, 0.29) is 17.6 Å². The minimum absolute atomic E-state index is 0.206. The van der Waals surface area contributed by atoms with Gasteiger partial charge in [-0.05, 0) is 29.6 Å². The first-order valence-electron chi connectivity index (χ1n) is 13.1. The van der Waals surface area contributed by atoms with Crippen LogP contribution in [-0.4, -0.2) is 115 Å². The van der Waals surface area contributed by atoms with Crippen LogP contribution in [0.1, 0.15) is 41.5 Å². The number of aliphatic hydroxyl groups is 4. The van der Waals surface area contributed by atoms with Crippen molar-refractivity contribution in [2.45, 2.75) is 121 Å². The lowest BCUT2D eigenvalue weighted by molar-refractivity contribution is -0.339. The molecule has 0 aromatic carbocycles. The zero-order chi connectivity index (χ0) is 30.6. The predicted octanol–water partition coefficient (Wildman–Crippen LogP) is 0.728. The van der Waals surface area contributed by atoms with Gasteiger partial charge in [0.05, 0.1) is 0 Å². The Morgan fingerprint density at radius 2 is 1.43 bits per heavy atom. The molecule has 0 saturated carbocycles. The number of ether oxygens (including phenoxy) is 5. The number of carbonyl (C=O) groups excluding carboxylic acids is 2. The summed E-state index contributed by atoms with van der Waals surface area (Å²) in [5.41, 5.74) is 9.38. The lowest BCUT2D eigenvalue weighted by Crippen LogP contribution is -2.65. The highest BCUT2D eigenvalue weighted by Gasteiger charge is 2.54. The van der Waals surface area contributed by atoms with Gasteiger partial charge in [0.25, 0.3) is 0 Å². The number of aliphatic hydroxyl groups excluding tert-OH is 4. The summed E-state index contributed by atoms with van der Waals surface area (Å²) in [5.74, 6) is -1.09. The molecule has 0 bridgehead atoms. The third-order valence-electron chi connectivity index (χ3n) is 8.09. The van der Waals surface area contributed by atoms with Gasteiger partial charge in [0.2, 0.25) is 0 Å². The van der Waals surface area contributed by atoms with Crippen molar-refractivity contribution in [2.75, 3.05) is 13.2 Å². The average molecular weight is 594 g/mol. The van der Waals surface area contributed by atoms with Crippen LogP contribution in [0.25, 0.3) is 10.4 Å². The molecule has 0 aromatic heterocycles. The van der Waals surface area contributed by atoms with Gasteiger partial charge < -0.3 is 48.5 Å². The van der Waals surface area contributed by atoms with Crippen molar-refractivity contribution in [3.05, 3.63) is 10.4 Å². The standard InChI is InChI=1S/C24H43N3O12Si/c1-11(2)24(5,6)40(7,8)39-22-16(26-27-25)21(18(31)15(36-22)10-35-13(4)29)38-23-20(33)19(32)17(30)14(37-23)9-34-12(3)28/h11,14-23,30-33H,9-10H2,1-8H3/t14-,15-,16-,17+,18-,19+,20-,21-,22+,23+/m1/s1. The molecule has 10 atom stereocenters. The number of hydrogen-bond donors (Lipinski definition) is 4. The number of rotatable bonds is 11. The summed E-state index contributed by atoms with van der Waals surface area (Å²) in [6.45, 7) is 13.6. The van der Waals surface area contributed by atoms with Crippen molar-refractivity contribution in [1.82, 2.24) is 0 Å². The molecule has 0 radical (unpaired) electrons. The third-order valence-corrected chi connectivity index (χ3v) is 12.6. The van der Waals surface area contributed by atoms with E-state index in [2.05, 4.69) is 37.7 Å². The van der Waals surface area contributed by atoms with Gasteiger partial charge in [-0.1, -0.05) is 32.8 Å². The smallest absolute Gasteiger partial charge is 0.302 e. The van der Waals surface area contributed by atoms with E-state index < -0.39 is 88.2 Å². The molecule has 0 aromatic rings. The molecule has 2 heterocycles. The topological polar surface area (TPSA) is 219 Å². The summed E-state index contributed by atoms with van der Waals surface area (Å²) >= 11 is 0. The molecule has 15 nitrogen and oxygen atoms in total. The largest absolute Gasteiger partial charge is 0.463 e. The molecular formula is C24H43N3O12Si. The van der Waals surface area contributed by atoms with Crippen LogP contribution in [0.2, 0.25) is 18.1 Å². The van der Waals surface area contributed by atoms with E-state index in [9.17, 15) is 35.5 Å². The lowest BCUT2D eigenvalue weighted by atomic mass is 9.96. The fraction of sp³-hybridized carbons (Fsp3) is 0.917. The highest BCUT2D eigenvalue weighted by molar-refractivity contribution is 6.74. The molecule has 230 valence electrons. The second-order valence-corrected chi connectivity index (χ2v) is 16.0. The Kier molecular flexibility index (Phi) is 11.9. The Morgan fingerprint density at radius 3 is 1.90 bits per heavy atom. The minimum Gasteiger partial charge on any atom is -0.463 e. The van der Waals surface area contributed by atoms with Crippen LogP contribution in [0.4, 0.5) is 0 Å². The van der Waals surface area contributed by atoms with Crippen molar-refractivity contribution >= 4 is 20.3 Å². The van der Waals surface area contributed by atoms with Gasteiger partial charge in [-0.2, -0.15) is 0 Å². The fourth-order valence-electron chi connectivity index (χ4n) is 4.34. The van der Waals surface area contributed by atoms with Crippen LogP contribution >= 0.6 is 0 Å². The molecular weight excluding hydrogens is 550 g/mol. The van der Waals surface area contributed by atoms with Crippen LogP contribution < -0.4 is 0 Å². The molecule has 2 aliphatic heterocycles. The second kappa shape index (κ2) is 13.9. The third kappa shape index (κ3) is 7.91. The van der Waals surface area contributed by atoms with Crippen molar-refractivity contribution < 1.29 is 58.1 Å². The molecule has 4 N–H and O–H groups in total. The van der Waals surface area contributed by atoms with E-state index in [1.807, 2.05) is 13.1 Å². The fourth-order valence-corrected chi connectivity index (χ4v) is 6.81. The first-order valence-corrected chi connectivity index (χ1v) is 16.0. The Bertz CT molecular complexity index is 931. The van der Waals surface area contributed by atoms with Crippen molar-refractivity contribution in [3.8, 4) is 0 Å². The molecule has 2 aliphatic rings. The van der Waals surface area contributed by atoms with Crippen molar-refractivity contribution in [1.29, 1.82) is 0 Å². The van der Waals surface area contributed by atoms with Gasteiger partial charge in [0, 0.05) is 18.8 Å². The summed E-state index contributed by atoms with van der Waals surface area (Å²) in [7, 11) is -2.65. The summed E-state index contributed by atoms with van der Waals surface area (Å²) in [6, 6.07) is -1.31. The number of nitrogens with zero attached hydrogens (tertiary/aromatic N) is 3. The molecule has 0 unspecified atom stereocenters. The zero-order valence-corrected chi connectivity index (χ0v) is 25.2. The molecule has 40 heavy (non-hydrogen) atoms. The van der Waals surface area contributed by atoms with Crippen molar-refractivity contribution in [3.63, 3.8) is 0 Å². The van der Waals surface area contributed by atoms with Crippen LogP contribution in [0.3, 0.4) is 0 Å². The molecule has 2 rings (SSSR count). The normalized spacial score (nSPS) is 35.1. The van der Waals surface area contributed by atoms with Gasteiger partial charge in [0.15, 0.2) is 20.9 Å². The van der Waals surface area contributed by atoms with Gasteiger partial charge in [-0.25, -0.2) is 0 Å². The predicted molar refractivity (Wildman–Crippen MR) is 140 cm³/mol. The quantitative estimate of drug-likeness (QED) is 0.0856. The zero-order valence-electron chi connectivity index (χ0n) is 24.2. The summed E-state index contributed by atoms with van der Waals surface area (Å²) in [6.07, 6.45) is -13.6. The number of esters is 2. The number of azide groups is 1. The monoisotopic (exact) mass is 593 g/mol. The van der Waals surface area contributed by atoms with Gasteiger partial charge >= 0.3 is 11.9 Å².